The van der Waals surface area contributed by atoms with Crippen LogP contribution in [0.3, 0.4) is 0 Å². The maximum absolute atomic E-state index is 4.53. The number of fused-ring (bicyclic) bond motifs is 6. The van der Waals surface area contributed by atoms with E-state index in [4.69, 9.17) is 0 Å². The SMILES string of the molecule is CCc1cc2c(-c3ccccc3)cccc2[cH-]1.CCc1cc2c(-c3ccccc3)cccc2[cH-]1.C[CH-]C.C[CH-]C.C[CH-]C.Cc1cc2c(-c3ccccc3)cccc2[cH-]1.Cc1cc2c(-c3ccccc3)cccc2[cH-]1.Cc1cc2ccccc2[cH-]1.[CH-]=[SiH2].[CH-]=[SiH2].[CH-]=[SiH2].[Zr+4].[Zr+4].[Zr+4].c1ccc(-c2cccc3[cH-]ccc23)cc1. The molecule has 542 valence electrons. The Hall–Kier alpha value is -8.01. The standard InChI is InChI=1S/2C17H15.2C16H13.C15H11.C10H9.3C3H7.3CH3Si.3Zr/c2*1-2-13-11-15-9-6-10-16(17(15)12-13)14-7-4-3-5-8-14;2*1-12-10-14-8-5-9-15(16(14)11-12)13-6-3-2-4-7-13;1-2-6-12(7-3-1)14-10-4-8-13-9-5-11-15(13)14;1-8-6-9-4-2-3-5-10(9)7-8;3*1-3-2;3*1-2;;;/h2*3-12H,2H2,1H3;2*2-11H,1H3;1-11H;2-7H,1H3;3*3H,1-2H3;3*1H,2H2;;;/q12*-1;3*+4. The molecule has 0 heterocycles. The molecule has 0 N–H and O–H groups in total. The fourth-order valence-corrected chi connectivity index (χ4v) is 12.6. The fraction of sp³-hybridized carbons (Fsp3) is 0.126. The smallest absolute Gasteiger partial charge is 0.533 e. The zero-order chi connectivity index (χ0) is 76.4. The molecule has 0 atom stereocenters. The maximum Gasteiger partial charge on any atom is 4.00 e. The zero-order valence-electron chi connectivity index (χ0n) is 65.9. The number of hydrogen-bond acceptors (Lipinski definition) is 0. The Bertz CT molecular complexity index is 4950. The van der Waals surface area contributed by atoms with Crippen LogP contribution in [0.5, 0.6) is 0 Å². The van der Waals surface area contributed by atoms with Crippen molar-refractivity contribution in [2.75, 3.05) is 0 Å². The van der Waals surface area contributed by atoms with Gasteiger partial charge < -0.3 is 37.8 Å². The largest absolute Gasteiger partial charge is 4.00 e. The predicted molar refractivity (Wildman–Crippen MR) is 488 cm³/mol. The molecule has 0 bridgehead atoms. The van der Waals surface area contributed by atoms with E-state index in [1.54, 1.807) is 0 Å². The molecule has 17 aromatic carbocycles. The summed E-state index contributed by atoms with van der Waals surface area (Å²) in [7, 11) is 4.08. The van der Waals surface area contributed by atoms with Crippen LogP contribution in [0.4, 0.5) is 0 Å². The molecule has 0 nitrogen and oxygen atoms in total. The van der Waals surface area contributed by atoms with Crippen LogP contribution < -0.4 is 0 Å². The topological polar surface area (TPSA) is 0 Å². The van der Waals surface area contributed by atoms with Gasteiger partial charge in [0.25, 0.3) is 0 Å². The summed E-state index contributed by atoms with van der Waals surface area (Å²) in [5.74, 6) is 0. The maximum atomic E-state index is 4.53. The van der Waals surface area contributed by atoms with Crippen molar-refractivity contribution in [1.29, 1.82) is 0 Å². The van der Waals surface area contributed by atoms with Gasteiger partial charge in [-0.1, -0.05) is 250 Å². The van der Waals surface area contributed by atoms with Crippen molar-refractivity contribution in [3.05, 3.63) is 393 Å². The third kappa shape index (κ3) is 28.7. The van der Waals surface area contributed by atoms with Crippen molar-refractivity contribution in [2.45, 2.75) is 89.0 Å². The molecule has 17 aromatic rings. The molecule has 0 aromatic heterocycles. The normalized spacial score (nSPS) is 9.61. The van der Waals surface area contributed by atoms with E-state index in [0.29, 0.717) is 0 Å². The van der Waals surface area contributed by atoms with E-state index in [1.165, 1.54) is 178 Å². The van der Waals surface area contributed by atoms with Crippen molar-refractivity contribution >= 4 is 113 Å². The van der Waals surface area contributed by atoms with Gasteiger partial charge in [-0.05, 0) is 40.7 Å². The van der Waals surface area contributed by atoms with E-state index in [1.807, 2.05) is 60.8 Å². The minimum absolute atomic E-state index is 0. The summed E-state index contributed by atoms with van der Waals surface area (Å²) in [4.78, 5) is 0. The Labute approximate surface area is 721 Å². The summed E-state index contributed by atoms with van der Waals surface area (Å²) in [6.45, 7) is 22.8. The second-order valence-corrected chi connectivity index (χ2v) is 25.3. The van der Waals surface area contributed by atoms with Gasteiger partial charge in [-0.2, -0.15) is 84.0 Å². The molecule has 0 saturated carbocycles. The van der Waals surface area contributed by atoms with Gasteiger partial charge in [0, 0.05) is 0 Å². The van der Waals surface area contributed by atoms with Crippen LogP contribution >= 0.6 is 0 Å². The molecule has 0 aliphatic heterocycles. The molecule has 0 fully saturated rings. The van der Waals surface area contributed by atoms with Crippen molar-refractivity contribution < 1.29 is 78.6 Å². The van der Waals surface area contributed by atoms with E-state index in [0.717, 1.165) is 12.8 Å². The number of rotatable bonds is 7. The van der Waals surface area contributed by atoms with E-state index in [9.17, 15) is 0 Å². The van der Waals surface area contributed by atoms with Crippen LogP contribution in [0, 0.1) is 40.0 Å². The molecular formula is C103H106Si3Zr3. The van der Waals surface area contributed by atoms with Crippen molar-refractivity contribution in [3.63, 3.8) is 0 Å². The Balaban J connectivity index is 0.000000327. The molecule has 0 unspecified atom stereocenters. The van der Waals surface area contributed by atoms with Gasteiger partial charge in [0.15, 0.2) is 0 Å². The van der Waals surface area contributed by atoms with Gasteiger partial charge >= 0.3 is 78.6 Å². The van der Waals surface area contributed by atoms with E-state index in [-0.39, 0.29) is 78.6 Å². The van der Waals surface area contributed by atoms with Crippen LogP contribution in [0.15, 0.2) is 346 Å². The molecule has 6 heteroatoms. The molecule has 0 spiro atoms. The summed E-state index contributed by atoms with van der Waals surface area (Å²) < 4.78 is 0. The third-order valence-corrected chi connectivity index (χ3v) is 17.1. The fourth-order valence-electron chi connectivity index (χ4n) is 12.6. The third-order valence-electron chi connectivity index (χ3n) is 17.1. The molecule has 0 saturated heterocycles. The minimum atomic E-state index is 0. The molecule has 0 aliphatic rings. The minimum Gasteiger partial charge on any atom is -0.533 e. The van der Waals surface area contributed by atoms with Crippen molar-refractivity contribution in [2.24, 2.45) is 0 Å². The van der Waals surface area contributed by atoms with E-state index >= 15 is 0 Å². The quantitative estimate of drug-likeness (QED) is 0.110. The van der Waals surface area contributed by atoms with Crippen LogP contribution in [-0.4, -0.2) is 48.1 Å². The Morgan fingerprint density at radius 1 is 0.257 bits per heavy atom. The summed E-state index contributed by atoms with van der Waals surface area (Å²) >= 11 is 0. The van der Waals surface area contributed by atoms with E-state index < -0.39 is 0 Å². The molecule has 0 aliphatic carbocycles. The molecule has 17 rings (SSSR count). The monoisotopic (exact) mass is 1700 g/mol. The van der Waals surface area contributed by atoms with Gasteiger partial charge in [-0.15, -0.1) is 208 Å². The summed E-state index contributed by atoms with van der Waals surface area (Å²) in [5, 5.41) is 16.2. The van der Waals surface area contributed by atoms with Gasteiger partial charge in [0.2, 0.25) is 0 Å². The van der Waals surface area contributed by atoms with Crippen LogP contribution in [0.2, 0.25) is 0 Å². The zero-order valence-corrected chi connectivity index (χ0v) is 77.5. The second-order valence-electron chi connectivity index (χ2n) is 25.3. The molecular weight excluding hydrogens is 1600 g/mol. The van der Waals surface area contributed by atoms with Gasteiger partial charge in [-0.3, -0.25) is 0 Å². The molecule has 0 radical (unpaired) electrons. The summed E-state index contributed by atoms with van der Waals surface area (Å²) in [6, 6.07) is 123. The molecule has 0 amide bonds. The second kappa shape index (κ2) is 53.8. The Morgan fingerprint density at radius 2 is 0.495 bits per heavy atom. The average Bonchev–Trinajstić information content (AvgIpc) is 1.70. The van der Waals surface area contributed by atoms with Crippen LogP contribution in [0.1, 0.15) is 83.2 Å². The van der Waals surface area contributed by atoms with Crippen LogP contribution in [0.25, 0.3) is 120 Å². The average molecular weight is 1700 g/mol. The predicted octanol–water partition coefficient (Wildman–Crippen LogP) is 26.2. The number of aryl methyl sites for hydroxylation is 5. The Kier molecular flexibility index (Phi) is 47.0. The van der Waals surface area contributed by atoms with Crippen LogP contribution in [-0.2, 0) is 91.5 Å². The van der Waals surface area contributed by atoms with Crippen molar-refractivity contribution in [3.8, 4) is 55.6 Å². The molecule has 109 heavy (non-hydrogen) atoms. The first-order valence-corrected chi connectivity index (χ1v) is 39.1. The van der Waals surface area contributed by atoms with Crippen molar-refractivity contribution in [1.82, 2.24) is 0 Å². The Morgan fingerprint density at radius 3 is 0.798 bits per heavy atom. The number of hydrogen-bond donors (Lipinski definition) is 0. The van der Waals surface area contributed by atoms with E-state index in [2.05, 4.69) is 399 Å². The van der Waals surface area contributed by atoms with Gasteiger partial charge in [0.1, 0.15) is 0 Å². The first-order chi connectivity index (χ1) is 52.0. The summed E-state index contributed by atoms with van der Waals surface area (Å²) in [5.41, 5.74) is 20.0. The van der Waals surface area contributed by atoms with Gasteiger partial charge in [0.05, 0.1) is 0 Å². The summed E-state index contributed by atoms with van der Waals surface area (Å²) in [6.07, 6.45) is 21.8. The first kappa shape index (κ1) is 95.2. The van der Waals surface area contributed by atoms with Gasteiger partial charge in [-0.25, -0.2) is 29.6 Å². The first-order valence-electron chi connectivity index (χ1n) is 36.7. The number of benzene rings is 11.